The molecule has 1 unspecified atom stereocenters. The summed E-state index contributed by atoms with van der Waals surface area (Å²) in [6, 6.07) is 5.68. The molecule has 106 valence electrons. The fourth-order valence-corrected chi connectivity index (χ4v) is 2.48. The molecule has 3 nitrogen and oxygen atoms in total. The van der Waals surface area contributed by atoms with E-state index in [-0.39, 0.29) is 5.78 Å². The lowest BCUT2D eigenvalue weighted by molar-refractivity contribution is -0.141. The maximum Gasteiger partial charge on any atom is 0.168 e. The van der Waals surface area contributed by atoms with Crippen LogP contribution in [0.4, 0.5) is 0 Å². The van der Waals surface area contributed by atoms with E-state index in [1.807, 2.05) is 39.0 Å². The molecule has 0 saturated heterocycles. The van der Waals surface area contributed by atoms with E-state index in [1.54, 1.807) is 7.11 Å². The molecule has 19 heavy (non-hydrogen) atoms. The molecule has 0 N–H and O–H groups in total. The van der Waals surface area contributed by atoms with Crippen molar-refractivity contribution in [2.24, 2.45) is 0 Å². The summed E-state index contributed by atoms with van der Waals surface area (Å²) >= 11 is 3.43. The van der Waals surface area contributed by atoms with Crippen LogP contribution in [0.2, 0.25) is 0 Å². The number of hydrogen-bond acceptors (Lipinski definition) is 3. The van der Waals surface area contributed by atoms with Gasteiger partial charge in [-0.05, 0) is 53.9 Å². The Morgan fingerprint density at radius 3 is 2.53 bits per heavy atom. The van der Waals surface area contributed by atoms with Gasteiger partial charge in [-0.3, -0.25) is 4.79 Å². The maximum absolute atomic E-state index is 12.3. The van der Waals surface area contributed by atoms with Crippen molar-refractivity contribution in [3.8, 4) is 5.75 Å². The third kappa shape index (κ3) is 4.05. The molecule has 0 aromatic heterocycles. The molecule has 0 radical (unpaired) electrons. The zero-order chi connectivity index (χ0) is 14.5. The summed E-state index contributed by atoms with van der Waals surface area (Å²) in [5, 5.41) is 0. The van der Waals surface area contributed by atoms with Crippen LogP contribution in [-0.4, -0.2) is 25.1 Å². The van der Waals surface area contributed by atoms with Gasteiger partial charge in [0.25, 0.3) is 0 Å². The smallest absolute Gasteiger partial charge is 0.168 e. The van der Waals surface area contributed by atoms with Crippen molar-refractivity contribution < 1.29 is 14.3 Å². The first kappa shape index (κ1) is 16.2. The van der Waals surface area contributed by atoms with Gasteiger partial charge in [-0.25, -0.2) is 0 Å². The molecule has 1 aromatic carbocycles. The van der Waals surface area contributed by atoms with Gasteiger partial charge in [0.15, 0.2) is 5.78 Å². The van der Waals surface area contributed by atoms with Crippen LogP contribution in [0.25, 0.3) is 0 Å². The van der Waals surface area contributed by atoms with Gasteiger partial charge < -0.3 is 9.47 Å². The molecule has 0 saturated carbocycles. The SMILES string of the molecule is CCOC(C)(CC)C(=O)Cc1ccc(OC)c(Br)c1. The first-order valence-corrected chi connectivity index (χ1v) is 7.25. The summed E-state index contributed by atoms with van der Waals surface area (Å²) in [6.45, 7) is 6.28. The average molecular weight is 329 g/mol. The number of benzene rings is 1. The number of ether oxygens (including phenoxy) is 2. The van der Waals surface area contributed by atoms with Gasteiger partial charge in [-0.1, -0.05) is 13.0 Å². The Bertz CT molecular complexity index is 445. The summed E-state index contributed by atoms with van der Waals surface area (Å²) in [5.74, 6) is 0.869. The molecule has 1 aromatic rings. The molecule has 1 rings (SSSR count). The van der Waals surface area contributed by atoms with Crippen LogP contribution in [0.15, 0.2) is 22.7 Å². The molecule has 0 heterocycles. The first-order valence-electron chi connectivity index (χ1n) is 6.46. The second kappa shape index (κ2) is 7.06. The highest BCUT2D eigenvalue weighted by Gasteiger charge is 2.31. The number of Topliss-reactive ketones (excluding diaryl/α,β-unsaturated/α-hetero) is 1. The second-order valence-corrected chi connectivity index (χ2v) is 5.44. The van der Waals surface area contributed by atoms with Crippen molar-refractivity contribution in [3.05, 3.63) is 28.2 Å². The Balaban J connectivity index is 2.84. The average Bonchev–Trinajstić information content (AvgIpc) is 2.39. The minimum absolute atomic E-state index is 0.105. The van der Waals surface area contributed by atoms with Crippen LogP contribution in [0.5, 0.6) is 5.75 Å². The summed E-state index contributed by atoms with van der Waals surface area (Å²) < 4.78 is 11.6. The lowest BCUT2D eigenvalue weighted by Gasteiger charge is -2.26. The van der Waals surface area contributed by atoms with Gasteiger partial charge in [-0.15, -0.1) is 0 Å². The zero-order valence-corrected chi connectivity index (χ0v) is 13.5. The molecule has 0 aliphatic carbocycles. The van der Waals surface area contributed by atoms with E-state index in [0.29, 0.717) is 19.4 Å². The van der Waals surface area contributed by atoms with Crippen LogP contribution < -0.4 is 4.74 Å². The van der Waals surface area contributed by atoms with Gasteiger partial charge >= 0.3 is 0 Å². The predicted octanol–water partition coefficient (Wildman–Crippen LogP) is 3.77. The molecule has 0 aliphatic heterocycles. The van der Waals surface area contributed by atoms with E-state index in [1.165, 1.54) is 0 Å². The summed E-state index contributed by atoms with van der Waals surface area (Å²) in [6.07, 6.45) is 1.05. The summed E-state index contributed by atoms with van der Waals surface area (Å²) in [5.41, 5.74) is 0.262. The quantitative estimate of drug-likeness (QED) is 0.764. The fourth-order valence-electron chi connectivity index (χ4n) is 1.89. The third-order valence-corrected chi connectivity index (χ3v) is 3.93. The predicted molar refractivity (Wildman–Crippen MR) is 79.7 cm³/mol. The number of carbonyl (C=O) groups excluding carboxylic acids is 1. The molecular weight excluding hydrogens is 308 g/mol. The zero-order valence-electron chi connectivity index (χ0n) is 12.0. The minimum Gasteiger partial charge on any atom is -0.496 e. The van der Waals surface area contributed by atoms with E-state index in [9.17, 15) is 4.79 Å². The van der Waals surface area contributed by atoms with E-state index >= 15 is 0 Å². The Morgan fingerprint density at radius 2 is 2.05 bits per heavy atom. The highest BCUT2D eigenvalue weighted by Crippen LogP contribution is 2.27. The molecule has 0 bridgehead atoms. The van der Waals surface area contributed by atoms with Crippen molar-refractivity contribution in [2.75, 3.05) is 13.7 Å². The highest BCUT2D eigenvalue weighted by molar-refractivity contribution is 9.10. The van der Waals surface area contributed by atoms with Gasteiger partial charge in [0, 0.05) is 13.0 Å². The Kier molecular flexibility index (Phi) is 6.01. The molecule has 4 heteroatoms. The molecule has 1 atom stereocenters. The Morgan fingerprint density at radius 1 is 1.37 bits per heavy atom. The number of carbonyl (C=O) groups is 1. The van der Waals surface area contributed by atoms with Crippen molar-refractivity contribution in [1.82, 2.24) is 0 Å². The lowest BCUT2D eigenvalue weighted by Crippen LogP contribution is -2.39. The van der Waals surface area contributed by atoms with E-state index in [0.717, 1.165) is 15.8 Å². The van der Waals surface area contributed by atoms with Crippen molar-refractivity contribution >= 4 is 21.7 Å². The monoisotopic (exact) mass is 328 g/mol. The number of halogens is 1. The first-order chi connectivity index (χ1) is 8.96. The van der Waals surface area contributed by atoms with Crippen molar-refractivity contribution in [3.63, 3.8) is 0 Å². The number of ketones is 1. The topological polar surface area (TPSA) is 35.5 Å². The maximum atomic E-state index is 12.3. The van der Waals surface area contributed by atoms with Crippen LogP contribution >= 0.6 is 15.9 Å². The lowest BCUT2D eigenvalue weighted by atomic mass is 9.92. The van der Waals surface area contributed by atoms with Crippen molar-refractivity contribution in [1.29, 1.82) is 0 Å². The number of methoxy groups -OCH3 is 1. The van der Waals surface area contributed by atoms with Gasteiger partial charge in [0.05, 0.1) is 11.6 Å². The number of rotatable bonds is 7. The van der Waals surface area contributed by atoms with Gasteiger partial charge in [-0.2, -0.15) is 0 Å². The third-order valence-electron chi connectivity index (χ3n) is 3.31. The molecule has 0 aliphatic rings. The van der Waals surface area contributed by atoms with Crippen LogP contribution in [0.1, 0.15) is 32.8 Å². The van der Waals surface area contributed by atoms with Gasteiger partial charge in [0.2, 0.25) is 0 Å². The molecular formula is C15H21BrO3. The van der Waals surface area contributed by atoms with Crippen molar-refractivity contribution in [2.45, 2.75) is 39.2 Å². The standard InChI is InChI=1S/C15H21BrO3/c1-5-15(3,19-6-2)14(17)10-11-7-8-13(18-4)12(16)9-11/h7-9H,5-6,10H2,1-4H3. The van der Waals surface area contributed by atoms with E-state index < -0.39 is 5.60 Å². The Labute approximate surface area is 123 Å². The van der Waals surface area contributed by atoms with Crippen LogP contribution in [-0.2, 0) is 16.0 Å². The molecule has 0 fully saturated rings. The van der Waals surface area contributed by atoms with Gasteiger partial charge in [0.1, 0.15) is 11.4 Å². The normalized spacial score (nSPS) is 13.9. The molecule has 0 spiro atoms. The van der Waals surface area contributed by atoms with E-state index in [2.05, 4.69) is 15.9 Å². The number of hydrogen-bond donors (Lipinski definition) is 0. The second-order valence-electron chi connectivity index (χ2n) is 4.59. The minimum atomic E-state index is -0.693. The summed E-state index contributed by atoms with van der Waals surface area (Å²) in [4.78, 5) is 12.3. The van der Waals surface area contributed by atoms with Crippen LogP contribution in [0.3, 0.4) is 0 Å². The summed E-state index contributed by atoms with van der Waals surface area (Å²) in [7, 11) is 1.62. The largest absolute Gasteiger partial charge is 0.496 e. The Hall–Kier alpha value is -0.870. The van der Waals surface area contributed by atoms with Crippen LogP contribution in [0, 0.1) is 0 Å². The fraction of sp³-hybridized carbons (Fsp3) is 0.533. The van der Waals surface area contributed by atoms with E-state index in [4.69, 9.17) is 9.47 Å². The highest BCUT2D eigenvalue weighted by atomic mass is 79.9. The molecule has 0 amide bonds.